The zero-order valence-electron chi connectivity index (χ0n) is 5.60. The monoisotopic (exact) mass is 163 g/mol. The molecule has 3 heteroatoms. The van der Waals surface area contributed by atoms with Crippen LogP contribution in [0.1, 0.15) is 13.8 Å². The van der Waals surface area contributed by atoms with Gasteiger partial charge in [-0.1, -0.05) is 0 Å². The van der Waals surface area contributed by atoms with Crippen molar-refractivity contribution >= 4 is 28.4 Å². The van der Waals surface area contributed by atoms with E-state index >= 15 is 0 Å². The molecule has 1 nitrogen and oxygen atoms in total. The summed E-state index contributed by atoms with van der Waals surface area (Å²) in [4.78, 5) is 4.34. The SMILES string of the molecule is CC1=NC(C)C(CCl)S1. The van der Waals surface area contributed by atoms with Gasteiger partial charge in [0.15, 0.2) is 0 Å². The summed E-state index contributed by atoms with van der Waals surface area (Å²) >= 11 is 7.47. The van der Waals surface area contributed by atoms with Crippen LogP contribution in [0.25, 0.3) is 0 Å². The number of aliphatic imine (C=N–C) groups is 1. The van der Waals surface area contributed by atoms with Gasteiger partial charge >= 0.3 is 0 Å². The molecule has 1 aliphatic rings. The van der Waals surface area contributed by atoms with E-state index in [1.807, 2.05) is 6.92 Å². The van der Waals surface area contributed by atoms with Crippen LogP contribution in [0.4, 0.5) is 0 Å². The number of alkyl halides is 1. The van der Waals surface area contributed by atoms with Crippen LogP contribution in [0.3, 0.4) is 0 Å². The van der Waals surface area contributed by atoms with Gasteiger partial charge in [-0.05, 0) is 13.8 Å². The molecule has 0 N–H and O–H groups in total. The van der Waals surface area contributed by atoms with Crippen molar-refractivity contribution < 1.29 is 0 Å². The predicted molar refractivity (Wildman–Crippen MR) is 44.7 cm³/mol. The smallest absolute Gasteiger partial charge is 0.0652 e. The van der Waals surface area contributed by atoms with Gasteiger partial charge in [-0.2, -0.15) is 0 Å². The molecule has 1 rings (SSSR count). The van der Waals surface area contributed by atoms with Crippen molar-refractivity contribution in [3.05, 3.63) is 0 Å². The number of halogens is 1. The van der Waals surface area contributed by atoms with Gasteiger partial charge in [0.2, 0.25) is 0 Å². The zero-order valence-corrected chi connectivity index (χ0v) is 7.17. The first-order valence-corrected chi connectivity index (χ1v) is 4.42. The molecular formula is C6H10ClNS. The highest BCUT2D eigenvalue weighted by Crippen LogP contribution is 2.26. The summed E-state index contributed by atoms with van der Waals surface area (Å²) in [5.41, 5.74) is 0. The van der Waals surface area contributed by atoms with Crippen LogP contribution in [0, 0.1) is 0 Å². The number of hydrogen-bond donors (Lipinski definition) is 0. The van der Waals surface area contributed by atoms with E-state index in [9.17, 15) is 0 Å². The molecule has 0 aromatic heterocycles. The molecule has 52 valence electrons. The second kappa shape index (κ2) is 2.93. The number of thioether (sulfide) groups is 1. The zero-order chi connectivity index (χ0) is 6.85. The average molecular weight is 164 g/mol. The van der Waals surface area contributed by atoms with Crippen LogP contribution < -0.4 is 0 Å². The highest BCUT2D eigenvalue weighted by molar-refractivity contribution is 8.14. The van der Waals surface area contributed by atoms with Crippen molar-refractivity contribution in [2.45, 2.75) is 25.1 Å². The lowest BCUT2D eigenvalue weighted by molar-refractivity contribution is 0.753. The van der Waals surface area contributed by atoms with E-state index in [-0.39, 0.29) is 0 Å². The third kappa shape index (κ3) is 1.62. The summed E-state index contributed by atoms with van der Waals surface area (Å²) in [5, 5.41) is 1.69. The molecule has 0 aromatic rings. The van der Waals surface area contributed by atoms with E-state index in [0.717, 1.165) is 0 Å². The fourth-order valence-corrected chi connectivity index (χ4v) is 2.31. The molecule has 0 aliphatic carbocycles. The Morgan fingerprint density at radius 2 is 2.44 bits per heavy atom. The lowest BCUT2D eigenvalue weighted by Crippen LogP contribution is -2.14. The van der Waals surface area contributed by atoms with E-state index in [1.54, 1.807) is 11.8 Å². The number of rotatable bonds is 1. The maximum Gasteiger partial charge on any atom is 0.0652 e. The Balaban J connectivity index is 2.49. The van der Waals surface area contributed by atoms with Gasteiger partial charge in [0.05, 0.1) is 11.1 Å². The average Bonchev–Trinajstić information content (AvgIpc) is 2.10. The number of nitrogens with zero attached hydrogens (tertiary/aromatic N) is 1. The van der Waals surface area contributed by atoms with Gasteiger partial charge in [-0.25, -0.2) is 0 Å². The summed E-state index contributed by atoms with van der Waals surface area (Å²) in [7, 11) is 0. The predicted octanol–water partition coefficient (Wildman–Crippen LogP) is 2.15. The Kier molecular flexibility index (Phi) is 2.42. The van der Waals surface area contributed by atoms with Crippen LogP contribution >= 0.6 is 23.4 Å². The minimum Gasteiger partial charge on any atom is -0.279 e. The third-order valence-electron chi connectivity index (χ3n) is 1.40. The standard InChI is InChI=1S/C6H10ClNS/c1-4-6(3-7)9-5(2)8-4/h4,6H,3H2,1-2H3. The molecule has 1 heterocycles. The first-order chi connectivity index (χ1) is 4.24. The largest absolute Gasteiger partial charge is 0.279 e. The van der Waals surface area contributed by atoms with Crippen molar-refractivity contribution in [1.82, 2.24) is 0 Å². The first kappa shape index (κ1) is 7.42. The van der Waals surface area contributed by atoms with E-state index < -0.39 is 0 Å². The Labute approximate surface area is 64.9 Å². The third-order valence-corrected chi connectivity index (χ3v) is 3.22. The maximum absolute atomic E-state index is 5.67. The highest BCUT2D eigenvalue weighted by Gasteiger charge is 2.22. The Morgan fingerprint density at radius 1 is 1.78 bits per heavy atom. The van der Waals surface area contributed by atoms with E-state index in [1.165, 1.54) is 5.04 Å². The molecular weight excluding hydrogens is 154 g/mol. The molecule has 1 aliphatic heterocycles. The molecule has 0 saturated carbocycles. The molecule has 0 saturated heterocycles. The van der Waals surface area contributed by atoms with Gasteiger partial charge in [0.1, 0.15) is 0 Å². The number of hydrogen-bond acceptors (Lipinski definition) is 2. The molecule has 9 heavy (non-hydrogen) atoms. The summed E-state index contributed by atoms with van der Waals surface area (Å²) in [5.74, 6) is 0.715. The molecule has 0 fully saturated rings. The summed E-state index contributed by atoms with van der Waals surface area (Å²) in [6.45, 7) is 4.14. The van der Waals surface area contributed by atoms with Crippen LogP contribution in [0.2, 0.25) is 0 Å². The molecule has 0 radical (unpaired) electrons. The molecule has 2 atom stereocenters. The normalized spacial score (nSPS) is 34.8. The molecule has 0 amide bonds. The van der Waals surface area contributed by atoms with Gasteiger partial charge in [0.25, 0.3) is 0 Å². The Bertz CT molecular complexity index is 135. The summed E-state index contributed by atoms with van der Waals surface area (Å²) < 4.78 is 0. The van der Waals surface area contributed by atoms with Gasteiger partial charge < -0.3 is 0 Å². The lowest BCUT2D eigenvalue weighted by Gasteiger charge is -2.06. The fraction of sp³-hybridized carbons (Fsp3) is 0.833. The van der Waals surface area contributed by atoms with E-state index in [4.69, 9.17) is 11.6 Å². The van der Waals surface area contributed by atoms with Gasteiger partial charge in [-0.3, -0.25) is 4.99 Å². The van der Waals surface area contributed by atoms with Crippen LogP contribution in [0.15, 0.2) is 4.99 Å². The molecule has 0 aromatic carbocycles. The topological polar surface area (TPSA) is 12.4 Å². The molecule has 0 bridgehead atoms. The summed E-state index contributed by atoms with van der Waals surface area (Å²) in [6, 6.07) is 0.424. The quantitative estimate of drug-likeness (QED) is 0.540. The Morgan fingerprint density at radius 3 is 2.67 bits per heavy atom. The highest BCUT2D eigenvalue weighted by atomic mass is 35.5. The van der Waals surface area contributed by atoms with Gasteiger partial charge in [0, 0.05) is 11.1 Å². The summed E-state index contributed by atoms with van der Waals surface area (Å²) in [6.07, 6.45) is 0. The second-order valence-electron chi connectivity index (χ2n) is 2.20. The minimum absolute atomic E-state index is 0.424. The van der Waals surface area contributed by atoms with E-state index in [0.29, 0.717) is 17.2 Å². The van der Waals surface area contributed by atoms with Crippen molar-refractivity contribution in [3.63, 3.8) is 0 Å². The maximum atomic E-state index is 5.67. The second-order valence-corrected chi connectivity index (χ2v) is 3.94. The van der Waals surface area contributed by atoms with Crippen LogP contribution in [0.5, 0.6) is 0 Å². The van der Waals surface area contributed by atoms with Crippen molar-refractivity contribution in [2.75, 3.05) is 5.88 Å². The van der Waals surface area contributed by atoms with Gasteiger partial charge in [-0.15, -0.1) is 23.4 Å². The lowest BCUT2D eigenvalue weighted by atomic mass is 10.3. The van der Waals surface area contributed by atoms with Crippen LogP contribution in [-0.2, 0) is 0 Å². The first-order valence-electron chi connectivity index (χ1n) is 3.01. The fourth-order valence-electron chi connectivity index (χ4n) is 0.878. The van der Waals surface area contributed by atoms with Crippen molar-refractivity contribution in [3.8, 4) is 0 Å². The van der Waals surface area contributed by atoms with E-state index in [2.05, 4.69) is 11.9 Å². The molecule has 2 unspecified atom stereocenters. The Hall–Kier alpha value is 0.310. The molecule has 0 spiro atoms. The van der Waals surface area contributed by atoms with Crippen LogP contribution in [-0.4, -0.2) is 22.2 Å². The van der Waals surface area contributed by atoms with Crippen molar-refractivity contribution in [1.29, 1.82) is 0 Å². The van der Waals surface area contributed by atoms with Crippen molar-refractivity contribution in [2.24, 2.45) is 4.99 Å². The minimum atomic E-state index is 0.424.